The van der Waals surface area contributed by atoms with Gasteiger partial charge in [-0.15, -0.1) is 0 Å². The number of benzene rings is 1. The van der Waals surface area contributed by atoms with Crippen molar-refractivity contribution in [3.05, 3.63) is 27.7 Å². The van der Waals surface area contributed by atoms with Crippen LogP contribution >= 0.6 is 27.5 Å². The van der Waals surface area contributed by atoms with E-state index >= 15 is 0 Å². The van der Waals surface area contributed by atoms with Crippen molar-refractivity contribution in [2.24, 2.45) is 4.36 Å². The van der Waals surface area contributed by atoms with Gasteiger partial charge in [0.15, 0.2) is 0 Å². The lowest BCUT2D eigenvalue weighted by Crippen LogP contribution is -2.22. The molecule has 1 saturated heterocycles. The molecule has 0 N–H and O–H groups in total. The van der Waals surface area contributed by atoms with Crippen LogP contribution in [-0.2, 0) is 9.73 Å². The van der Waals surface area contributed by atoms with Crippen LogP contribution in [0, 0.1) is 0 Å². The van der Waals surface area contributed by atoms with Crippen molar-refractivity contribution in [2.45, 2.75) is 6.42 Å². The summed E-state index contributed by atoms with van der Waals surface area (Å²) in [4.78, 5) is 0. The lowest BCUT2D eigenvalue weighted by Gasteiger charge is -2.18. The molecule has 2 rings (SSSR count). The summed E-state index contributed by atoms with van der Waals surface area (Å²) < 4.78 is 16.8. The second-order valence-corrected chi connectivity index (χ2v) is 6.94. The van der Waals surface area contributed by atoms with E-state index in [2.05, 4.69) is 20.3 Å². The van der Waals surface area contributed by atoms with Crippen LogP contribution in [-0.4, -0.2) is 15.7 Å². The standard InChI is InChI=1S/C9H9BrClNOS/c10-9-7(11)3-1-4-8(9)12-14(13)5-2-6-14/h1,3-4H,2,5-6H2. The van der Waals surface area contributed by atoms with E-state index in [1.54, 1.807) is 6.07 Å². The van der Waals surface area contributed by atoms with Gasteiger partial charge in [-0.2, -0.15) is 4.36 Å². The van der Waals surface area contributed by atoms with Gasteiger partial charge < -0.3 is 0 Å². The smallest absolute Gasteiger partial charge is 0.0887 e. The third-order valence-electron chi connectivity index (χ3n) is 2.12. The molecule has 1 aliphatic heterocycles. The average Bonchev–Trinajstić information content (AvgIpc) is 2.10. The van der Waals surface area contributed by atoms with Crippen molar-refractivity contribution in [3.8, 4) is 0 Å². The van der Waals surface area contributed by atoms with Crippen molar-refractivity contribution in [3.63, 3.8) is 0 Å². The van der Waals surface area contributed by atoms with Gasteiger partial charge in [0.25, 0.3) is 0 Å². The summed E-state index contributed by atoms with van der Waals surface area (Å²) in [5.74, 6) is 1.43. The van der Waals surface area contributed by atoms with Crippen LogP contribution in [0.1, 0.15) is 6.42 Å². The van der Waals surface area contributed by atoms with Gasteiger partial charge >= 0.3 is 0 Å². The highest BCUT2D eigenvalue weighted by Gasteiger charge is 2.19. The maximum absolute atomic E-state index is 11.8. The van der Waals surface area contributed by atoms with Crippen molar-refractivity contribution in [1.82, 2.24) is 0 Å². The van der Waals surface area contributed by atoms with Crippen molar-refractivity contribution in [2.75, 3.05) is 11.5 Å². The minimum absolute atomic E-state index is 0.605. The molecule has 1 aliphatic rings. The zero-order valence-corrected chi connectivity index (χ0v) is 10.5. The summed E-state index contributed by atoms with van der Waals surface area (Å²) in [6.07, 6.45) is 1.01. The van der Waals surface area contributed by atoms with Crippen LogP contribution in [0.5, 0.6) is 0 Å². The van der Waals surface area contributed by atoms with Crippen LogP contribution in [0.2, 0.25) is 5.02 Å². The minimum Gasteiger partial charge on any atom is -0.249 e. The van der Waals surface area contributed by atoms with Crippen molar-refractivity contribution >= 4 is 42.9 Å². The first kappa shape index (κ1) is 10.5. The summed E-state index contributed by atoms with van der Waals surface area (Å²) in [6.45, 7) is 0. The van der Waals surface area contributed by atoms with Gasteiger partial charge in [0.2, 0.25) is 0 Å². The zero-order chi connectivity index (χ0) is 10.2. The Morgan fingerprint density at radius 2 is 2.14 bits per heavy atom. The van der Waals surface area contributed by atoms with E-state index in [1.165, 1.54) is 0 Å². The monoisotopic (exact) mass is 293 g/mol. The number of hydrogen-bond donors (Lipinski definition) is 0. The topological polar surface area (TPSA) is 29.4 Å². The average molecular weight is 295 g/mol. The molecule has 1 aromatic carbocycles. The molecule has 0 spiro atoms. The molecule has 1 aromatic rings. The fourth-order valence-electron chi connectivity index (χ4n) is 1.22. The molecule has 0 amide bonds. The van der Waals surface area contributed by atoms with Crippen molar-refractivity contribution < 1.29 is 4.21 Å². The second-order valence-electron chi connectivity index (χ2n) is 3.20. The second kappa shape index (κ2) is 3.83. The van der Waals surface area contributed by atoms with E-state index < -0.39 is 9.73 Å². The Hall–Kier alpha value is -0.0600. The van der Waals surface area contributed by atoms with Gasteiger partial charge in [0.1, 0.15) is 0 Å². The molecule has 0 saturated carbocycles. The summed E-state index contributed by atoms with van der Waals surface area (Å²) in [5, 5.41) is 0.605. The molecule has 0 bridgehead atoms. The Bertz CT molecular complexity index is 470. The lowest BCUT2D eigenvalue weighted by atomic mass is 10.3. The normalized spacial score (nSPS) is 18.7. The van der Waals surface area contributed by atoms with Gasteiger partial charge in [-0.1, -0.05) is 17.7 Å². The molecule has 0 radical (unpaired) electrons. The van der Waals surface area contributed by atoms with Crippen LogP contribution in [0.3, 0.4) is 0 Å². The van der Waals surface area contributed by atoms with Crippen LogP contribution in [0.4, 0.5) is 5.69 Å². The molecule has 0 atom stereocenters. The SMILES string of the molecule is O=S1(=Nc2cccc(Cl)c2Br)CCC1. The molecule has 76 valence electrons. The van der Waals surface area contributed by atoms with E-state index in [-0.39, 0.29) is 0 Å². The first-order valence-electron chi connectivity index (χ1n) is 4.27. The molecule has 1 heterocycles. The molecular formula is C9H9BrClNOS. The predicted molar refractivity (Wildman–Crippen MR) is 63.7 cm³/mol. The third kappa shape index (κ3) is 1.97. The zero-order valence-electron chi connectivity index (χ0n) is 7.37. The molecule has 0 aromatic heterocycles. The first-order chi connectivity index (χ1) is 6.61. The molecule has 5 heteroatoms. The molecule has 1 fully saturated rings. The van der Waals surface area contributed by atoms with Crippen molar-refractivity contribution in [1.29, 1.82) is 0 Å². The Morgan fingerprint density at radius 1 is 1.43 bits per heavy atom. The molecule has 14 heavy (non-hydrogen) atoms. The molecule has 0 unspecified atom stereocenters. The van der Waals surface area contributed by atoms with Crippen LogP contribution in [0.15, 0.2) is 27.0 Å². The quantitative estimate of drug-likeness (QED) is 0.778. The van der Waals surface area contributed by atoms with E-state index in [0.29, 0.717) is 22.2 Å². The lowest BCUT2D eigenvalue weighted by molar-refractivity contribution is 0.663. The van der Waals surface area contributed by atoms with Gasteiger partial charge in [-0.3, -0.25) is 0 Å². The molecule has 2 nitrogen and oxygen atoms in total. The van der Waals surface area contributed by atoms with E-state index in [1.807, 2.05) is 12.1 Å². The largest absolute Gasteiger partial charge is 0.249 e. The number of hydrogen-bond acceptors (Lipinski definition) is 2. The highest BCUT2D eigenvalue weighted by atomic mass is 79.9. The van der Waals surface area contributed by atoms with Gasteiger partial charge in [0, 0.05) is 11.5 Å². The highest BCUT2D eigenvalue weighted by Crippen LogP contribution is 2.34. The Labute approximate surface area is 97.0 Å². The van der Waals surface area contributed by atoms with E-state index in [0.717, 1.165) is 10.9 Å². The third-order valence-corrected chi connectivity index (χ3v) is 5.88. The predicted octanol–water partition coefficient (Wildman–Crippen LogP) is 3.61. The van der Waals surface area contributed by atoms with E-state index in [9.17, 15) is 4.21 Å². The van der Waals surface area contributed by atoms with Gasteiger partial charge in [0.05, 0.1) is 24.9 Å². The Balaban J connectivity index is 2.48. The Kier molecular flexibility index (Phi) is 2.86. The number of rotatable bonds is 1. The first-order valence-corrected chi connectivity index (χ1v) is 7.30. The summed E-state index contributed by atoms with van der Waals surface area (Å²) in [7, 11) is -1.94. The minimum atomic E-state index is -1.94. The van der Waals surface area contributed by atoms with Gasteiger partial charge in [-0.05, 0) is 34.5 Å². The van der Waals surface area contributed by atoms with Crippen LogP contribution < -0.4 is 0 Å². The van der Waals surface area contributed by atoms with Crippen LogP contribution in [0.25, 0.3) is 0 Å². The highest BCUT2D eigenvalue weighted by molar-refractivity contribution is 9.10. The summed E-state index contributed by atoms with van der Waals surface area (Å²) >= 11 is 9.24. The fraction of sp³-hybridized carbons (Fsp3) is 0.333. The Morgan fingerprint density at radius 3 is 2.71 bits per heavy atom. The summed E-state index contributed by atoms with van der Waals surface area (Å²) in [5.41, 5.74) is 0.696. The maximum Gasteiger partial charge on any atom is 0.0887 e. The number of halogens is 2. The molecular weight excluding hydrogens is 286 g/mol. The fourth-order valence-corrected chi connectivity index (χ4v) is 3.34. The van der Waals surface area contributed by atoms with Gasteiger partial charge in [-0.25, -0.2) is 4.21 Å². The number of nitrogens with zero attached hydrogens (tertiary/aromatic N) is 1. The molecule has 0 aliphatic carbocycles. The maximum atomic E-state index is 11.8. The summed E-state index contributed by atoms with van der Waals surface area (Å²) in [6, 6.07) is 5.41. The van der Waals surface area contributed by atoms with E-state index in [4.69, 9.17) is 11.6 Å².